The average molecular weight is 425 g/mol. The second-order valence-electron chi connectivity index (χ2n) is 6.56. The van der Waals surface area contributed by atoms with Crippen molar-refractivity contribution < 1.29 is 26.9 Å². The minimum Gasteiger partial charge on any atom is -0.367 e. The number of benzene rings is 2. The molecule has 154 valence electrons. The molecule has 0 unspecified atom stereocenters. The Kier molecular flexibility index (Phi) is 5.51. The van der Waals surface area contributed by atoms with E-state index in [-0.39, 0.29) is 42.4 Å². The molecule has 0 aliphatic carbocycles. The third-order valence-electron chi connectivity index (χ3n) is 4.64. The van der Waals surface area contributed by atoms with Crippen LogP contribution in [0.1, 0.15) is 10.4 Å². The first-order chi connectivity index (χ1) is 13.6. The van der Waals surface area contributed by atoms with Crippen LogP contribution in [0.25, 0.3) is 0 Å². The van der Waals surface area contributed by atoms with Gasteiger partial charge in [0, 0.05) is 44.6 Å². The van der Waals surface area contributed by atoms with E-state index in [1.54, 1.807) is 4.90 Å². The summed E-state index contributed by atoms with van der Waals surface area (Å²) in [6.07, 6.45) is 0.955. The molecule has 8 nitrogen and oxygen atoms in total. The molecular weight excluding hydrogens is 408 g/mol. The highest BCUT2D eigenvalue weighted by molar-refractivity contribution is 7.90. The van der Waals surface area contributed by atoms with E-state index in [9.17, 15) is 32.1 Å². The van der Waals surface area contributed by atoms with Gasteiger partial charge >= 0.3 is 0 Å². The summed E-state index contributed by atoms with van der Waals surface area (Å²) in [6.45, 7) is 0.601. The minimum absolute atomic E-state index is 0.104. The molecular formula is C18H17F2N3O5S. The van der Waals surface area contributed by atoms with Crippen molar-refractivity contribution >= 4 is 27.1 Å². The predicted octanol–water partition coefficient (Wildman–Crippen LogP) is 2.24. The van der Waals surface area contributed by atoms with Gasteiger partial charge in [0.1, 0.15) is 17.2 Å². The van der Waals surface area contributed by atoms with E-state index in [2.05, 4.69) is 0 Å². The number of anilines is 1. The predicted molar refractivity (Wildman–Crippen MR) is 101 cm³/mol. The maximum Gasteiger partial charge on any atom is 0.270 e. The summed E-state index contributed by atoms with van der Waals surface area (Å²) >= 11 is 0. The van der Waals surface area contributed by atoms with Crippen LogP contribution in [0.3, 0.4) is 0 Å². The Bertz CT molecular complexity index is 1060. The second kappa shape index (κ2) is 7.74. The zero-order chi connectivity index (χ0) is 21.3. The molecule has 3 rings (SSSR count). The number of nitro groups is 1. The first kappa shape index (κ1) is 20.6. The standard InChI is InChI=1S/C18H17F2N3O5S/c1-29(27,28)16-11-12(23(25)26)5-6-15(16)21-7-9-22(10-8-21)18(24)17-13(19)3-2-4-14(17)20/h2-6,11H,7-10H2,1H3. The van der Waals surface area contributed by atoms with E-state index in [0.717, 1.165) is 24.5 Å². The van der Waals surface area contributed by atoms with Crippen LogP contribution in [-0.4, -0.2) is 56.6 Å². The number of amides is 1. The van der Waals surface area contributed by atoms with Crippen molar-refractivity contribution in [2.75, 3.05) is 37.3 Å². The Morgan fingerprint density at radius 2 is 1.66 bits per heavy atom. The summed E-state index contributed by atoms with van der Waals surface area (Å²) in [6, 6.07) is 6.72. The van der Waals surface area contributed by atoms with Gasteiger partial charge < -0.3 is 9.80 Å². The van der Waals surface area contributed by atoms with E-state index < -0.39 is 37.9 Å². The van der Waals surface area contributed by atoms with Crippen LogP contribution >= 0.6 is 0 Å². The summed E-state index contributed by atoms with van der Waals surface area (Å²) < 4.78 is 51.9. The van der Waals surface area contributed by atoms with Crippen molar-refractivity contribution in [3.05, 3.63) is 63.7 Å². The van der Waals surface area contributed by atoms with Gasteiger partial charge in [0.2, 0.25) is 0 Å². The highest BCUT2D eigenvalue weighted by Gasteiger charge is 2.29. The summed E-state index contributed by atoms with van der Waals surface area (Å²) in [5.41, 5.74) is -0.701. The van der Waals surface area contributed by atoms with Crippen LogP contribution in [0.5, 0.6) is 0 Å². The summed E-state index contributed by atoms with van der Waals surface area (Å²) in [5, 5.41) is 11.0. The molecule has 1 heterocycles. The molecule has 2 aromatic rings. The number of nitrogens with zero attached hydrogens (tertiary/aromatic N) is 3. The first-order valence-corrected chi connectivity index (χ1v) is 10.5. The van der Waals surface area contributed by atoms with Crippen LogP contribution < -0.4 is 4.90 Å². The molecule has 0 atom stereocenters. The van der Waals surface area contributed by atoms with E-state index in [0.29, 0.717) is 0 Å². The largest absolute Gasteiger partial charge is 0.367 e. The molecule has 0 saturated carbocycles. The van der Waals surface area contributed by atoms with Gasteiger partial charge in [-0.15, -0.1) is 0 Å². The zero-order valence-corrected chi connectivity index (χ0v) is 16.2. The van der Waals surface area contributed by atoms with E-state index in [1.165, 1.54) is 23.1 Å². The van der Waals surface area contributed by atoms with Crippen LogP contribution in [0.4, 0.5) is 20.2 Å². The molecule has 1 aliphatic heterocycles. The number of hydrogen-bond donors (Lipinski definition) is 0. The Hall–Kier alpha value is -3.08. The van der Waals surface area contributed by atoms with Gasteiger partial charge in [0.15, 0.2) is 9.84 Å². The fourth-order valence-corrected chi connectivity index (χ4v) is 4.10. The molecule has 0 N–H and O–H groups in total. The third-order valence-corrected chi connectivity index (χ3v) is 5.76. The lowest BCUT2D eigenvalue weighted by Crippen LogP contribution is -2.49. The SMILES string of the molecule is CS(=O)(=O)c1cc([N+](=O)[O-])ccc1N1CCN(C(=O)c2c(F)cccc2F)CC1. The normalized spacial score (nSPS) is 14.7. The van der Waals surface area contributed by atoms with Crippen molar-refractivity contribution in [3.8, 4) is 0 Å². The fraction of sp³-hybridized carbons (Fsp3) is 0.278. The summed E-state index contributed by atoms with van der Waals surface area (Å²) in [5.74, 6) is -2.69. The number of piperazine rings is 1. The van der Waals surface area contributed by atoms with E-state index >= 15 is 0 Å². The number of carbonyl (C=O) groups excluding carboxylic acids is 1. The highest BCUT2D eigenvalue weighted by Crippen LogP contribution is 2.30. The Morgan fingerprint density at radius 3 is 2.17 bits per heavy atom. The third kappa shape index (κ3) is 4.19. The topological polar surface area (TPSA) is 101 Å². The summed E-state index contributed by atoms with van der Waals surface area (Å²) in [7, 11) is -3.75. The number of non-ortho nitro benzene ring substituents is 1. The number of sulfone groups is 1. The molecule has 1 aliphatic rings. The van der Waals surface area contributed by atoms with E-state index in [1.807, 2.05) is 0 Å². The molecule has 1 saturated heterocycles. The lowest BCUT2D eigenvalue weighted by molar-refractivity contribution is -0.385. The quantitative estimate of drug-likeness (QED) is 0.550. The molecule has 0 aromatic heterocycles. The highest BCUT2D eigenvalue weighted by atomic mass is 32.2. The number of halogens is 2. The Labute approximate surface area is 165 Å². The number of hydrogen-bond acceptors (Lipinski definition) is 6. The smallest absolute Gasteiger partial charge is 0.270 e. The summed E-state index contributed by atoms with van der Waals surface area (Å²) in [4.78, 5) is 25.5. The van der Waals surface area contributed by atoms with Gasteiger partial charge in [0.05, 0.1) is 15.5 Å². The molecule has 0 bridgehead atoms. The molecule has 11 heteroatoms. The Morgan fingerprint density at radius 1 is 1.07 bits per heavy atom. The maximum atomic E-state index is 13.9. The number of carbonyl (C=O) groups is 1. The van der Waals surface area contributed by atoms with Crippen molar-refractivity contribution in [1.29, 1.82) is 0 Å². The Balaban J connectivity index is 1.83. The number of nitro benzene ring substituents is 1. The van der Waals surface area contributed by atoms with Gasteiger partial charge in [0.25, 0.3) is 11.6 Å². The van der Waals surface area contributed by atoms with Gasteiger partial charge in [-0.2, -0.15) is 0 Å². The average Bonchev–Trinajstić information content (AvgIpc) is 2.66. The molecule has 2 aromatic carbocycles. The fourth-order valence-electron chi connectivity index (χ4n) is 3.19. The van der Waals surface area contributed by atoms with Gasteiger partial charge in [-0.3, -0.25) is 14.9 Å². The lowest BCUT2D eigenvalue weighted by Gasteiger charge is -2.36. The molecule has 1 amide bonds. The van der Waals surface area contributed by atoms with Crippen molar-refractivity contribution in [3.63, 3.8) is 0 Å². The van der Waals surface area contributed by atoms with Crippen molar-refractivity contribution in [2.24, 2.45) is 0 Å². The molecule has 0 spiro atoms. The van der Waals surface area contributed by atoms with Crippen LogP contribution in [0, 0.1) is 21.7 Å². The second-order valence-corrected chi connectivity index (χ2v) is 8.54. The van der Waals surface area contributed by atoms with Gasteiger partial charge in [-0.1, -0.05) is 6.07 Å². The molecule has 0 radical (unpaired) electrons. The molecule has 1 fully saturated rings. The van der Waals surface area contributed by atoms with E-state index in [4.69, 9.17) is 0 Å². The van der Waals surface area contributed by atoms with Gasteiger partial charge in [-0.05, 0) is 18.2 Å². The van der Waals surface area contributed by atoms with Gasteiger partial charge in [-0.25, -0.2) is 17.2 Å². The lowest BCUT2D eigenvalue weighted by atomic mass is 10.1. The zero-order valence-electron chi connectivity index (χ0n) is 15.3. The monoisotopic (exact) mass is 425 g/mol. The van der Waals surface area contributed by atoms with Crippen molar-refractivity contribution in [1.82, 2.24) is 4.90 Å². The number of rotatable bonds is 4. The molecule has 29 heavy (non-hydrogen) atoms. The maximum absolute atomic E-state index is 13.9. The van der Waals surface area contributed by atoms with Crippen LogP contribution in [0.2, 0.25) is 0 Å². The van der Waals surface area contributed by atoms with Crippen molar-refractivity contribution in [2.45, 2.75) is 4.90 Å². The van der Waals surface area contributed by atoms with Crippen LogP contribution in [-0.2, 0) is 9.84 Å². The van der Waals surface area contributed by atoms with Crippen LogP contribution in [0.15, 0.2) is 41.3 Å². The minimum atomic E-state index is -3.75. The first-order valence-electron chi connectivity index (χ1n) is 8.56.